The highest BCUT2D eigenvalue weighted by atomic mass is 32.1. The van der Waals surface area contributed by atoms with Gasteiger partial charge in [-0.15, -0.1) is 11.3 Å². The smallest absolute Gasteiger partial charge is 0.341 e. The first-order valence-corrected chi connectivity index (χ1v) is 10.8. The molecule has 8 heteroatoms. The van der Waals surface area contributed by atoms with Crippen LogP contribution in [0.4, 0.5) is 5.00 Å². The summed E-state index contributed by atoms with van der Waals surface area (Å²) in [5.41, 5.74) is 2.54. The fourth-order valence-corrected chi connectivity index (χ4v) is 4.15. The van der Waals surface area contributed by atoms with E-state index >= 15 is 0 Å². The number of amides is 1. The Labute approximate surface area is 190 Å². The summed E-state index contributed by atoms with van der Waals surface area (Å²) in [6, 6.07) is 12.6. The number of benzene rings is 2. The molecule has 32 heavy (non-hydrogen) atoms. The highest BCUT2D eigenvalue weighted by Gasteiger charge is 2.23. The number of carbonyl (C=O) groups excluding carboxylic acids is 2. The molecule has 0 bridgehead atoms. The predicted octanol–water partition coefficient (Wildman–Crippen LogP) is 4.80. The average Bonchev–Trinajstić information content (AvgIpc) is 3.22. The molecular weight excluding hydrogens is 430 g/mol. The lowest BCUT2D eigenvalue weighted by atomic mass is 10.0. The number of methoxy groups -OCH3 is 3. The third kappa shape index (κ3) is 5.20. The van der Waals surface area contributed by atoms with Gasteiger partial charge in [-0.05, 0) is 30.7 Å². The number of carbonyl (C=O) groups is 2. The second-order valence-electron chi connectivity index (χ2n) is 6.71. The zero-order valence-corrected chi connectivity index (χ0v) is 19.2. The van der Waals surface area contributed by atoms with Crippen molar-refractivity contribution in [1.29, 1.82) is 0 Å². The van der Waals surface area contributed by atoms with Gasteiger partial charge in [0.15, 0.2) is 0 Å². The van der Waals surface area contributed by atoms with Crippen molar-refractivity contribution in [2.45, 2.75) is 13.3 Å². The first-order valence-electron chi connectivity index (χ1n) is 9.94. The molecule has 3 rings (SSSR count). The molecule has 0 saturated carbocycles. The van der Waals surface area contributed by atoms with Crippen molar-refractivity contribution in [3.63, 3.8) is 0 Å². The number of anilines is 1. The predicted molar refractivity (Wildman–Crippen MR) is 124 cm³/mol. The van der Waals surface area contributed by atoms with E-state index in [4.69, 9.17) is 18.9 Å². The molecule has 0 saturated heterocycles. The molecular formula is C24H25NO6S. The van der Waals surface area contributed by atoms with Gasteiger partial charge in [0, 0.05) is 22.6 Å². The highest BCUT2D eigenvalue weighted by Crippen LogP contribution is 2.37. The molecule has 168 valence electrons. The van der Waals surface area contributed by atoms with Gasteiger partial charge >= 0.3 is 5.97 Å². The van der Waals surface area contributed by atoms with E-state index in [9.17, 15) is 9.59 Å². The first-order chi connectivity index (χ1) is 15.5. The molecule has 0 radical (unpaired) electrons. The third-order valence-electron chi connectivity index (χ3n) is 4.77. The molecule has 0 atom stereocenters. The van der Waals surface area contributed by atoms with Crippen LogP contribution in [-0.2, 0) is 16.0 Å². The van der Waals surface area contributed by atoms with E-state index in [2.05, 4.69) is 5.32 Å². The van der Waals surface area contributed by atoms with Crippen LogP contribution < -0.4 is 19.5 Å². The van der Waals surface area contributed by atoms with E-state index in [0.29, 0.717) is 38.9 Å². The Bertz CT molecular complexity index is 1090. The van der Waals surface area contributed by atoms with Gasteiger partial charge in [0.2, 0.25) is 5.91 Å². The fraction of sp³-hybridized carbons (Fsp3) is 0.250. The van der Waals surface area contributed by atoms with Crippen LogP contribution >= 0.6 is 11.3 Å². The average molecular weight is 456 g/mol. The van der Waals surface area contributed by atoms with Gasteiger partial charge in [-0.3, -0.25) is 4.79 Å². The van der Waals surface area contributed by atoms with Gasteiger partial charge in [-0.25, -0.2) is 4.79 Å². The minimum Gasteiger partial charge on any atom is -0.497 e. The number of ether oxygens (including phenoxy) is 4. The van der Waals surface area contributed by atoms with Crippen molar-refractivity contribution >= 4 is 28.2 Å². The normalized spacial score (nSPS) is 10.4. The zero-order chi connectivity index (χ0) is 23.1. The minimum absolute atomic E-state index is 0.0746. The van der Waals surface area contributed by atoms with Crippen LogP contribution in [-0.4, -0.2) is 39.8 Å². The van der Waals surface area contributed by atoms with Crippen LogP contribution in [0.25, 0.3) is 11.1 Å². The van der Waals surface area contributed by atoms with Crippen molar-refractivity contribution in [3.05, 3.63) is 59.0 Å². The molecule has 7 nitrogen and oxygen atoms in total. The summed E-state index contributed by atoms with van der Waals surface area (Å²) in [5, 5.41) is 5.13. The summed E-state index contributed by atoms with van der Waals surface area (Å²) in [5.74, 6) is 1.14. The maximum atomic E-state index is 12.8. The van der Waals surface area contributed by atoms with E-state index in [0.717, 1.165) is 5.56 Å². The van der Waals surface area contributed by atoms with Gasteiger partial charge in [0.1, 0.15) is 27.8 Å². The Morgan fingerprint density at radius 1 is 0.938 bits per heavy atom. The van der Waals surface area contributed by atoms with Gasteiger partial charge in [-0.2, -0.15) is 0 Å². The quantitative estimate of drug-likeness (QED) is 0.467. The number of thiophene rings is 1. The molecule has 0 aliphatic heterocycles. The Morgan fingerprint density at radius 2 is 1.62 bits per heavy atom. The fourth-order valence-electron chi connectivity index (χ4n) is 3.18. The summed E-state index contributed by atoms with van der Waals surface area (Å²) >= 11 is 1.27. The summed E-state index contributed by atoms with van der Waals surface area (Å²) in [7, 11) is 4.69. The second kappa shape index (κ2) is 10.7. The maximum Gasteiger partial charge on any atom is 0.341 e. The molecule has 0 aliphatic carbocycles. The summed E-state index contributed by atoms with van der Waals surface area (Å²) in [4.78, 5) is 25.5. The van der Waals surface area contributed by atoms with Gasteiger partial charge < -0.3 is 24.3 Å². The van der Waals surface area contributed by atoms with E-state index in [1.807, 2.05) is 29.6 Å². The topological polar surface area (TPSA) is 83.1 Å². The number of rotatable bonds is 9. The molecule has 2 aromatic carbocycles. The van der Waals surface area contributed by atoms with E-state index in [1.54, 1.807) is 39.3 Å². The Morgan fingerprint density at radius 3 is 2.25 bits per heavy atom. The Kier molecular flexibility index (Phi) is 7.72. The van der Waals surface area contributed by atoms with Gasteiger partial charge in [-0.1, -0.05) is 18.2 Å². The molecule has 0 aliphatic rings. The van der Waals surface area contributed by atoms with Crippen molar-refractivity contribution in [2.75, 3.05) is 33.3 Å². The van der Waals surface area contributed by atoms with Crippen molar-refractivity contribution in [1.82, 2.24) is 0 Å². The van der Waals surface area contributed by atoms with Crippen LogP contribution in [0.3, 0.4) is 0 Å². The van der Waals surface area contributed by atoms with E-state index < -0.39 is 5.97 Å². The molecule has 1 N–H and O–H groups in total. The largest absolute Gasteiger partial charge is 0.497 e. The molecule has 0 spiro atoms. The van der Waals surface area contributed by atoms with Crippen LogP contribution in [0.1, 0.15) is 22.8 Å². The highest BCUT2D eigenvalue weighted by molar-refractivity contribution is 7.15. The lowest BCUT2D eigenvalue weighted by Gasteiger charge is -2.11. The Hall–Kier alpha value is -3.52. The number of esters is 1. The van der Waals surface area contributed by atoms with Crippen molar-refractivity contribution in [2.24, 2.45) is 0 Å². The molecule has 1 aromatic heterocycles. The SMILES string of the molecule is CCOC(=O)c1c(-c2ccc(OC)cc2)csc1NC(=O)Cc1ccc(OC)cc1OC. The molecule has 1 heterocycles. The summed E-state index contributed by atoms with van der Waals surface area (Å²) in [6.45, 7) is 1.97. The van der Waals surface area contributed by atoms with Crippen LogP contribution in [0, 0.1) is 0 Å². The standard InChI is InChI=1S/C24H25NO6S/c1-5-31-24(27)22-19(15-6-9-17(28-2)10-7-15)14-32-23(22)25-21(26)12-16-8-11-18(29-3)13-20(16)30-4/h6-11,13-14H,5,12H2,1-4H3,(H,25,26). The van der Waals surface area contributed by atoms with Crippen LogP contribution in [0.2, 0.25) is 0 Å². The van der Waals surface area contributed by atoms with Gasteiger partial charge in [0.05, 0.1) is 34.4 Å². The molecule has 0 fully saturated rings. The molecule has 1 amide bonds. The third-order valence-corrected chi connectivity index (χ3v) is 5.67. The maximum absolute atomic E-state index is 12.8. The summed E-state index contributed by atoms with van der Waals surface area (Å²) < 4.78 is 21.0. The van der Waals surface area contributed by atoms with Crippen LogP contribution in [0.5, 0.6) is 17.2 Å². The van der Waals surface area contributed by atoms with Gasteiger partial charge in [0.25, 0.3) is 0 Å². The van der Waals surface area contributed by atoms with Crippen molar-refractivity contribution < 1.29 is 28.5 Å². The number of hydrogen-bond donors (Lipinski definition) is 1. The number of hydrogen-bond acceptors (Lipinski definition) is 7. The first kappa shape index (κ1) is 23.1. The van der Waals surface area contributed by atoms with Crippen molar-refractivity contribution in [3.8, 4) is 28.4 Å². The van der Waals surface area contributed by atoms with E-state index in [1.165, 1.54) is 18.4 Å². The minimum atomic E-state index is -0.489. The molecule has 3 aromatic rings. The Balaban J connectivity index is 1.88. The number of nitrogens with one attached hydrogen (secondary N) is 1. The monoisotopic (exact) mass is 455 g/mol. The second-order valence-corrected chi connectivity index (χ2v) is 7.58. The van der Waals surface area contributed by atoms with Crippen LogP contribution in [0.15, 0.2) is 47.8 Å². The lowest BCUT2D eigenvalue weighted by molar-refractivity contribution is -0.115. The molecule has 0 unspecified atom stereocenters. The zero-order valence-electron chi connectivity index (χ0n) is 18.4. The van der Waals surface area contributed by atoms with E-state index in [-0.39, 0.29) is 18.9 Å². The lowest BCUT2D eigenvalue weighted by Crippen LogP contribution is -2.17. The summed E-state index contributed by atoms with van der Waals surface area (Å²) in [6.07, 6.45) is 0.0746.